The van der Waals surface area contributed by atoms with Crippen molar-refractivity contribution in [1.82, 2.24) is 14.9 Å². The Bertz CT molecular complexity index is 1250. The second-order valence-corrected chi connectivity index (χ2v) is 10.7. The number of carbonyl (C=O) groups excluding carboxylic acids is 2. The normalized spacial score (nSPS) is 15.6. The molecule has 8 nitrogen and oxygen atoms in total. The van der Waals surface area contributed by atoms with E-state index in [2.05, 4.69) is 33.9 Å². The lowest BCUT2D eigenvalue weighted by atomic mass is 9.90. The molecule has 2 heterocycles. The van der Waals surface area contributed by atoms with Crippen molar-refractivity contribution >= 4 is 29.0 Å². The molecule has 0 radical (unpaired) electrons. The summed E-state index contributed by atoms with van der Waals surface area (Å²) in [5.41, 5.74) is 9.67. The van der Waals surface area contributed by atoms with E-state index in [1.54, 1.807) is 6.20 Å². The van der Waals surface area contributed by atoms with Gasteiger partial charge in [0.05, 0.1) is 6.20 Å². The highest BCUT2D eigenvalue weighted by Gasteiger charge is 2.25. The molecule has 1 aliphatic heterocycles. The molecule has 0 spiro atoms. The Hall–Kier alpha value is -3.78. The minimum absolute atomic E-state index is 0.0969. The number of Topliss-reactive ketones (excluding diaryl/α,β-unsaturated/α-hetero) is 1. The van der Waals surface area contributed by atoms with Crippen LogP contribution in [0.5, 0.6) is 0 Å². The Labute approximate surface area is 225 Å². The molecule has 1 aliphatic rings. The molecule has 1 saturated heterocycles. The van der Waals surface area contributed by atoms with Crippen LogP contribution in [0.4, 0.5) is 17.3 Å². The van der Waals surface area contributed by atoms with Crippen LogP contribution in [0.25, 0.3) is 0 Å². The van der Waals surface area contributed by atoms with Crippen LogP contribution >= 0.6 is 0 Å². The van der Waals surface area contributed by atoms with Gasteiger partial charge in [-0.25, -0.2) is 9.97 Å². The second kappa shape index (κ2) is 12.2. The van der Waals surface area contributed by atoms with Crippen LogP contribution < -0.4 is 16.0 Å². The molecule has 0 bridgehead atoms. The number of hydrogen-bond donors (Lipinski definition) is 2. The predicted octanol–water partition coefficient (Wildman–Crippen LogP) is 4.99. The fourth-order valence-electron chi connectivity index (χ4n) is 4.87. The van der Waals surface area contributed by atoms with Gasteiger partial charge in [-0.2, -0.15) is 0 Å². The zero-order valence-corrected chi connectivity index (χ0v) is 22.8. The van der Waals surface area contributed by atoms with Crippen LogP contribution in [0.15, 0.2) is 54.7 Å². The number of hydrogen-bond acceptors (Lipinski definition) is 7. The molecule has 3 aromatic rings. The summed E-state index contributed by atoms with van der Waals surface area (Å²) >= 11 is 0. The van der Waals surface area contributed by atoms with E-state index >= 15 is 0 Å². The number of rotatable bonds is 10. The van der Waals surface area contributed by atoms with E-state index in [0.717, 1.165) is 37.2 Å². The number of ketones is 1. The maximum absolute atomic E-state index is 13.0. The lowest BCUT2D eigenvalue weighted by molar-refractivity contribution is 0.0954. The van der Waals surface area contributed by atoms with Crippen molar-refractivity contribution in [2.24, 2.45) is 11.7 Å². The first-order valence-corrected chi connectivity index (χ1v) is 13.2. The van der Waals surface area contributed by atoms with Gasteiger partial charge >= 0.3 is 0 Å². The Kier molecular flexibility index (Phi) is 8.73. The molecule has 1 atom stereocenters. The summed E-state index contributed by atoms with van der Waals surface area (Å²) in [5.74, 6) is 1.19. The number of nitrogens with two attached hydrogens (primary N) is 1. The predicted molar refractivity (Wildman–Crippen MR) is 152 cm³/mol. The summed E-state index contributed by atoms with van der Waals surface area (Å²) in [4.78, 5) is 38.4. The highest BCUT2D eigenvalue weighted by Crippen LogP contribution is 2.28. The molecule has 0 saturated carbocycles. The van der Waals surface area contributed by atoms with Gasteiger partial charge in [-0.05, 0) is 62.0 Å². The first-order chi connectivity index (χ1) is 18.2. The molecule has 200 valence electrons. The number of benzene rings is 2. The number of piperidine rings is 1. The molecule has 38 heavy (non-hydrogen) atoms. The largest absolute Gasteiger partial charge is 0.364 e. The van der Waals surface area contributed by atoms with Crippen molar-refractivity contribution in [1.29, 1.82) is 0 Å². The fourth-order valence-corrected chi connectivity index (χ4v) is 4.87. The van der Waals surface area contributed by atoms with Crippen molar-refractivity contribution in [2.45, 2.75) is 45.6 Å². The summed E-state index contributed by atoms with van der Waals surface area (Å²) in [6, 6.07) is 16.0. The quantitative estimate of drug-likeness (QED) is 0.367. The summed E-state index contributed by atoms with van der Waals surface area (Å²) < 4.78 is 0. The van der Waals surface area contributed by atoms with Gasteiger partial charge in [0.2, 0.25) is 0 Å². The monoisotopic (exact) mass is 514 g/mol. The van der Waals surface area contributed by atoms with Crippen LogP contribution in [0.1, 0.15) is 71.0 Å². The minimum atomic E-state index is -0.638. The molecule has 1 fully saturated rings. The standard InChI is InChI=1S/C30H38N6O2/c1-20(2)23-9-11-24(12-10-23)26(37)16-22-6-5-15-36(19-22)27-17-32-28(29(31)38)30(34-27)33-25-13-7-21(8-14-25)18-35(3)4/h7-14,17,20,22H,5-6,15-16,18-19H2,1-4H3,(H2,31,38)(H,33,34)/t22-/m0/s1. The van der Waals surface area contributed by atoms with Gasteiger partial charge in [0.15, 0.2) is 17.3 Å². The molecule has 0 unspecified atom stereocenters. The number of primary amides is 1. The molecular formula is C30H38N6O2. The Morgan fingerprint density at radius 1 is 1.11 bits per heavy atom. The summed E-state index contributed by atoms with van der Waals surface area (Å²) in [5, 5.41) is 3.22. The lowest BCUT2D eigenvalue weighted by Crippen LogP contribution is -2.37. The Morgan fingerprint density at radius 2 is 1.82 bits per heavy atom. The number of carbonyl (C=O) groups is 2. The zero-order chi connectivity index (χ0) is 27.2. The molecule has 2 aromatic carbocycles. The zero-order valence-electron chi connectivity index (χ0n) is 22.8. The van der Waals surface area contributed by atoms with Crippen molar-refractivity contribution in [3.8, 4) is 0 Å². The van der Waals surface area contributed by atoms with E-state index in [9.17, 15) is 9.59 Å². The fraction of sp³-hybridized carbons (Fsp3) is 0.400. The van der Waals surface area contributed by atoms with E-state index in [1.165, 1.54) is 11.1 Å². The third kappa shape index (κ3) is 6.95. The van der Waals surface area contributed by atoms with E-state index in [-0.39, 0.29) is 17.4 Å². The molecule has 0 aliphatic carbocycles. The average Bonchev–Trinajstić information content (AvgIpc) is 2.89. The highest BCUT2D eigenvalue weighted by atomic mass is 16.1. The van der Waals surface area contributed by atoms with Gasteiger partial charge in [0, 0.05) is 37.3 Å². The van der Waals surface area contributed by atoms with Crippen LogP contribution in [-0.4, -0.2) is 53.7 Å². The topological polar surface area (TPSA) is 104 Å². The van der Waals surface area contributed by atoms with E-state index < -0.39 is 5.91 Å². The van der Waals surface area contributed by atoms with Gasteiger partial charge in [0.1, 0.15) is 5.82 Å². The maximum Gasteiger partial charge on any atom is 0.271 e. The number of anilines is 3. The SMILES string of the molecule is CC(C)c1ccc(C(=O)C[C@@H]2CCCN(c3cnc(C(N)=O)c(Nc4ccc(CN(C)C)cc4)n3)C2)cc1. The second-order valence-electron chi connectivity index (χ2n) is 10.7. The van der Waals surface area contributed by atoms with Gasteiger partial charge < -0.3 is 20.9 Å². The maximum atomic E-state index is 13.0. The van der Waals surface area contributed by atoms with Gasteiger partial charge in [-0.3, -0.25) is 9.59 Å². The third-order valence-corrected chi connectivity index (χ3v) is 6.93. The van der Waals surface area contributed by atoms with Crippen molar-refractivity contribution < 1.29 is 9.59 Å². The smallest absolute Gasteiger partial charge is 0.271 e. The highest BCUT2D eigenvalue weighted by molar-refractivity contribution is 5.97. The number of aromatic nitrogens is 2. The van der Waals surface area contributed by atoms with Crippen LogP contribution in [0, 0.1) is 5.92 Å². The van der Waals surface area contributed by atoms with Crippen LogP contribution in [0.2, 0.25) is 0 Å². The van der Waals surface area contributed by atoms with Gasteiger partial charge in [-0.1, -0.05) is 50.2 Å². The van der Waals surface area contributed by atoms with Crippen LogP contribution in [-0.2, 0) is 6.54 Å². The van der Waals surface area contributed by atoms with Crippen molar-refractivity contribution in [2.75, 3.05) is 37.4 Å². The summed E-state index contributed by atoms with van der Waals surface area (Å²) in [6.45, 7) is 6.66. The molecular weight excluding hydrogens is 476 g/mol. The average molecular weight is 515 g/mol. The first-order valence-electron chi connectivity index (χ1n) is 13.2. The summed E-state index contributed by atoms with van der Waals surface area (Å²) in [7, 11) is 4.05. The first kappa shape index (κ1) is 27.3. The van der Waals surface area contributed by atoms with E-state index in [0.29, 0.717) is 30.5 Å². The van der Waals surface area contributed by atoms with Crippen molar-refractivity contribution in [3.05, 3.63) is 77.1 Å². The molecule has 8 heteroatoms. The summed E-state index contributed by atoms with van der Waals surface area (Å²) in [6.07, 6.45) is 4.04. The minimum Gasteiger partial charge on any atom is -0.364 e. The Balaban J connectivity index is 1.46. The molecule has 1 aromatic heterocycles. The van der Waals surface area contributed by atoms with Gasteiger partial charge in [-0.15, -0.1) is 0 Å². The Morgan fingerprint density at radius 3 is 2.45 bits per heavy atom. The van der Waals surface area contributed by atoms with Crippen molar-refractivity contribution in [3.63, 3.8) is 0 Å². The van der Waals surface area contributed by atoms with E-state index in [1.807, 2.05) is 62.6 Å². The molecule has 4 rings (SSSR count). The van der Waals surface area contributed by atoms with Crippen LogP contribution in [0.3, 0.4) is 0 Å². The molecule has 1 amide bonds. The number of amides is 1. The van der Waals surface area contributed by atoms with E-state index in [4.69, 9.17) is 10.7 Å². The molecule has 3 N–H and O–H groups in total. The number of nitrogens with zero attached hydrogens (tertiary/aromatic N) is 4. The number of nitrogens with one attached hydrogen (secondary N) is 1. The lowest BCUT2D eigenvalue weighted by Gasteiger charge is -2.33. The van der Waals surface area contributed by atoms with Gasteiger partial charge in [0.25, 0.3) is 5.91 Å². The third-order valence-electron chi connectivity index (χ3n) is 6.93.